The zero-order valence-electron chi connectivity index (χ0n) is 10.7. The van der Waals surface area contributed by atoms with E-state index >= 15 is 0 Å². The zero-order chi connectivity index (χ0) is 14.5. The maximum atomic E-state index is 11.8. The Kier molecular flexibility index (Phi) is 3.94. The topological polar surface area (TPSA) is 123 Å². The number of hydrogen-bond acceptors (Lipinski definition) is 6. The van der Waals surface area contributed by atoms with E-state index in [1.807, 2.05) is 6.92 Å². The summed E-state index contributed by atoms with van der Waals surface area (Å²) in [5.74, 6) is -0.870. The number of benzene rings is 1. The van der Waals surface area contributed by atoms with Crippen molar-refractivity contribution >= 4 is 23.3 Å². The minimum absolute atomic E-state index is 0.0950. The van der Waals surface area contributed by atoms with Crippen LogP contribution in [0.4, 0.5) is 11.5 Å². The SMILES string of the molecule is CCNC(=O)c1cccc(NC(=O)c2nonc2N)c1. The lowest BCUT2D eigenvalue weighted by Gasteiger charge is -2.06. The quantitative estimate of drug-likeness (QED) is 0.752. The molecule has 2 aromatic rings. The molecule has 4 N–H and O–H groups in total. The third-order valence-corrected chi connectivity index (χ3v) is 2.45. The number of nitrogens with two attached hydrogens (primary N) is 1. The first-order valence-electron chi connectivity index (χ1n) is 5.89. The fourth-order valence-corrected chi connectivity index (χ4v) is 1.54. The predicted octanol–water partition coefficient (Wildman–Crippen LogP) is 0.654. The summed E-state index contributed by atoms with van der Waals surface area (Å²) < 4.78 is 4.35. The van der Waals surface area contributed by atoms with E-state index in [1.54, 1.807) is 24.3 Å². The average molecular weight is 275 g/mol. The molecular formula is C12H13N5O3. The van der Waals surface area contributed by atoms with Gasteiger partial charge in [-0.25, -0.2) is 4.63 Å². The summed E-state index contributed by atoms with van der Waals surface area (Å²) in [6.07, 6.45) is 0. The first kappa shape index (κ1) is 13.5. The van der Waals surface area contributed by atoms with Gasteiger partial charge in [0, 0.05) is 17.8 Å². The van der Waals surface area contributed by atoms with Crippen LogP contribution >= 0.6 is 0 Å². The summed E-state index contributed by atoms with van der Waals surface area (Å²) >= 11 is 0. The highest BCUT2D eigenvalue weighted by Gasteiger charge is 2.16. The summed E-state index contributed by atoms with van der Waals surface area (Å²) in [7, 11) is 0. The van der Waals surface area contributed by atoms with Crippen LogP contribution in [-0.2, 0) is 0 Å². The molecule has 0 saturated carbocycles. The van der Waals surface area contributed by atoms with E-state index in [-0.39, 0.29) is 17.4 Å². The number of carbonyl (C=O) groups is 2. The summed E-state index contributed by atoms with van der Waals surface area (Å²) in [6, 6.07) is 6.49. The highest BCUT2D eigenvalue weighted by Crippen LogP contribution is 2.13. The second-order valence-corrected chi connectivity index (χ2v) is 3.89. The Morgan fingerprint density at radius 3 is 2.75 bits per heavy atom. The van der Waals surface area contributed by atoms with Crippen molar-refractivity contribution in [3.05, 3.63) is 35.5 Å². The number of rotatable bonds is 4. The molecule has 0 atom stereocenters. The minimum atomic E-state index is -0.559. The number of aromatic nitrogens is 2. The van der Waals surface area contributed by atoms with Gasteiger partial charge in [0.2, 0.25) is 11.5 Å². The fourth-order valence-electron chi connectivity index (χ4n) is 1.54. The number of nitrogens with one attached hydrogen (secondary N) is 2. The molecule has 0 unspecified atom stereocenters. The van der Waals surface area contributed by atoms with Crippen molar-refractivity contribution in [1.29, 1.82) is 0 Å². The monoisotopic (exact) mass is 275 g/mol. The Morgan fingerprint density at radius 1 is 1.30 bits per heavy atom. The molecule has 1 aromatic carbocycles. The molecule has 8 heteroatoms. The van der Waals surface area contributed by atoms with Gasteiger partial charge in [0.25, 0.3) is 11.8 Å². The van der Waals surface area contributed by atoms with Gasteiger partial charge >= 0.3 is 0 Å². The minimum Gasteiger partial charge on any atom is -0.379 e. The Balaban J connectivity index is 2.14. The number of carbonyl (C=O) groups excluding carboxylic acids is 2. The molecular weight excluding hydrogens is 262 g/mol. The molecule has 0 aliphatic rings. The third kappa shape index (κ3) is 2.91. The molecule has 8 nitrogen and oxygen atoms in total. The molecule has 0 aliphatic heterocycles. The predicted molar refractivity (Wildman–Crippen MR) is 71.1 cm³/mol. The van der Waals surface area contributed by atoms with Crippen LogP contribution in [0, 0.1) is 0 Å². The second-order valence-electron chi connectivity index (χ2n) is 3.89. The molecule has 0 bridgehead atoms. The Hall–Kier alpha value is -2.90. The van der Waals surface area contributed by atoms with E-state index in [9.17, 15) is 9.59 Å². The summed E-state index contributed by atoms with van der Waals surface area (Å²) in [5.41, 5.74) is 6.20. The van der Waals surface area contributed by atoms with Gasteiger partial charge in [-0.2, -0.15) is 0 Å². The van der Waals surface area contributed by atoms with Crippen molar-refractivity contribution in [3.8, 4) is 0 Å². The van der Waals surface area contributed by atoms with Crippen LogP contribution in [0.25, 0.3) is 0 Å². The van der Waals surface area contributed by atoms with E-state index in [1.165, 1.54) is 0 Å². The Morgan fingerprint density at radius 2 is 2.10 bits per heavy atom. The lowest BCUT2D eigenvalue weighted by molar-refractivity contribution is 0.0954. The van der Waals surface area contributed by atoms with Crippen LogP contribution in [0.2, 0.25) is 0 Å². The normalized spacial score (nSPS) is 10.1. The first-order valence-corrected chi connectivity index (χ1v) is 5.89. The van der Waals surface area contributed by atoms with Crippen LogP contribution in [0.3, 0.4) is 0 Å². The average Bonchev–Trinajstić information content (AvgIpc) is 2.85. The lowest BCUT2D eigenvalue weighted by atomic mass is 10.2. The van der Waals surface area contributed by atoms with Crippen molar-refractivity contribution in [1.82, 2.24) is 15.6 Å². The summed E-state index contributed by atoms with van der Waals surface area (Å²) in [4.78, 5) is 23.5. The van der Waals surface area contributed by atoms with Crippen molar-refractivity contribution < 1.29 is 14.2 Å². The first-order chi connectivity index (χ1) is 9.61. The molecule has 1 aromatic heterocycles. The van der Waals surface area contributed by atoms with Gasteiger partial charge in [0.05, 0.1) is 0 Å². The van der Waals surface area contributed by atoms with Crippen molar-refractivity contribution in [2.45, 2.75) is 6.92 Å². The Bertz CT molecular complexity index is 638. The number of hydrogen-bond donors (Lipinski definition) is 3. The van der Waals surface area contributed by atoms with Gasteiger partial charge in [-0.05, 0) is 35.4 Å². The van der Waals surface area contributed by atoms with Gasteiger partial charge in [0.1, 0.15) is 0 Å². The van der Waals surface area contributed by atoms with Crippen LogP contribution in [-0.4, -0.2) is 28.7 Å². The number of nitrogens with zero attached hydrogens (tertiary/aromatic N) is 2. The lowest BCUT2D eigenvalue weighted by Crippen LogP contribution is -2.22. The Labute approximate surface area is 114 Å². The van der Waals surface area contributed by atoms with Gasteiger partial charge in [0.15, 0.2) is 0 Å². The van der Waals surface area contributed by atoms with Crippen LogP contribution < -0.4 is 16.4 Å². The molecule has 0 radical (unpaired) electrons. The molecule has 1 heterocycles. The largest absolute Gasteiger partial charge is 0.379 e. The van der Waals surface area contributed by atoms with Gasteiger partial charge in [-0.1, -0.05) is 6.07 Å². The summed E-state index contributed by atoms with van der Waals surface area (Å²) in [6.45, 7) is 2.35. The second kappa shape index (κ2) is 5.83. The molecule has 104 valence electrons. The number of nitrogen functional groups attached to an aromatic ring is 1. The molecule has 0 spiro atoms. The van der Waals surface area contributed by atoms with Crippen molar-refractivity contribution in [2.75, 3.05) is 17.6 Å². The molecule has 20 heavy (non-hydrogen) atoms. The molecule has 2 amide bonds. The van der Waals surface area contributed by atoms with Crippen LogP contribution in [0.15, 0.2) is 28.9 Å². The third-order valence-electron chi connectivity index (χ3n) is 2.45. The maximum absolute atomic E-state index is 11.8. The molecule has 2 rings (SSSR count). The van der Waals surface area contributed by atoms with E-state index in [2.05, 4.69) is 25.6 Å². The molecule has 0 fully saturated rings. The standard InChI is InChI=1S/C12H13N5O3/c1-2-14-11(18)7-4-3-5-8(6-7)15-12(19)9-10(13)17-20-16-9/h3-6H,2H2,1H3,(H2,13,17)(H,14,18)(H,15,19). The molecule has 0 aliphatic carbocycles. The van der Waals surface area contributed by atoms with Gasteiger partial charge in [-0.3, -0.25) is 9.59 Å². The highest BCUT2D eigenvalue weighted by atomic mass is 16.6. The van der Waals surface area contributed by atoms with E-state index < -0.39 is 5.91 Å². The van der Waals surface area contributed by atoms with E-state index in [0.717, 1.165) is 0 Å². The van der Waals surface area contributed by atoms with Crippen molar-refractivity contribution in [2.24, 2.45) is 0 Å². The number of amides is 2. The maximum Gasteiger partial charge on any atom is 0.281 e. The summed E-state index contributed by atoms with van der Waals surface area (Å²) in [5, 5.41) is 11.9. The van der Waals surface area contributed by atoms with Crippen molar-refractivity contribution in [3.63, 3.8) is 0 Å². The smallest absolute Gasteiger partial charge is 0.281 e. The molecule has 0 saturated heterocycles. The number of anilines is 2. The van der Waals surface area contributed by atoms with Crippen LogP contribution in [0.1, 0.15) is 27.8 Å². The van der Waals surface area contributed by atoms with Gasteiger partial charge in [-0.15, -0.1) is 0 Å². The van der Waals surface area contributed by atoms with E-state index in [0.29, 0.717) is 17.8 Å². The zero-order valence-corrected chi connectivity index (χ0v) is 10.7. The van der Waals surface area contributed by atoms with Gasteiger partial charge < -0.3 is 16.4 Å². The highest BCUT2D eigenvalue weighted by molar-refractivity contribution is 6.06. The fraction of sp³-hybridized carbons (Fsp3) is 0.167. The van der Waals surface area contributed by atoms with Crippen LogP contribution in [0.5, 0.6) is 0 Å². The van der Waals surface area contributed by atoms with E-state index in [4.69, 9.17) is 5.73 Å².